The molecule has 13 aromatic rings. The summed E-state index contributed by atoms with van der Waals surface area (Å²) in [5.41, 5.74) is 11.3. The molecule has 0 radical (unpaired) electrons. The van der Waals surface area contributed by atoms with Gasteiger partial charge in [-0.2, -0.15) is 0 Å². The Bertz CT molecular complexity index is 3840. The predicted molar refractivity (Wildman–Crippen MR) is 248 cm³/mol. The summed E-state index contributed by atoms with van der Waals surface area (Å²) in [6.45, 7) is 0. The van der Waals surface area contributed by atoms with E-state index >= 15 is 0 Å². The number of hydrogen-bond acceptors (Lipinski definition) is 4. The normalized spacial score (nSPS) is 12.1. The molecule has 59 heavy (non-hydrogen) atoms. The summed E-state index contributed by atoms with van der Waals surface area (Å²) < 4.78 is 11.4. The number of benzene rings is 9. The van der Waals surface area contributed by atoms with Crippen LogP contribution in [0.1, 0.15) is 0 Å². The molecule has 13 rings (SSSR count). The fourth-order valence-corrected chi connectivity index (χ4v) is 10.6. The molecule has 0 fully saturated rings. The van der Waals surface area contributed by atoms with E-state index in [4.69, 9.17) is 14.4 Å². The van der Waals surface area contributed by atoms with E-state index < -0.39 is 0 Å². The van der Waals surface area contributed by atoms with Crippen LogP contribution in [0, 0.1) is 0 Å². The number of aromatic nitrogens is 3. The highest BCUT2D eigenvalue weighted by Gasteiger charge is 2.23. The lowest BCUT2D eigenvalue weighted by Gasteiger charge is -2.12. The summed E-state index contributed by atoms with van der Waals surface area (Å²) in [7, 11) is 0. The van der Waals surface area contributed by atoms with Gasteiger partial charge in [-0.15, -0.1) is 11.3 Å². The average molecular weight is 770 g/mol. The zero-order valence-electron chi connectivity index (χ0n) is 31.6. The minimum absolute atomic E-state index is 0.681. The molecular weight excluding hydrogens is 739 g/mol. The third-order valence-electron chi connectivity index (χ3n) is 12.0. The lowest BCUT2D eigenvalue weighted by atomic mass is 9.94. The van der Waals surface area contributed by atoms with Crippen LogP contribution in [0.15, 0.2) is 192 Å². The van der Waals surface area contributed by atoms with Crippen LogP contribution in [0.3, 0.4) is 0 Å². The molecule has 0 atom stereocenters. The Morgan fingerprint density at radius 1 is 0.441 bits per heavy atom. The second kappa shape index (κ2) is 12.4. The van der Waals surface area contributed by atoms with Gasteiger partial charge in [0.25, 0.3) is 0 Å². The van der Waals surface area contributed by atoms with Crippen LogP contribution in [0.4, 0.5) is 0 Å². The first-order valence-electron chi connectivity index (χ1n) is 19.9. The van der Waals surface area contributed by atoms with Crippen molar-refractivity contribution in [3.63, 3.8) is 0 Å². The standard InChI is InChI=1S/C54H31N3OS/c1-3-14-32(15-4-1)41-31-44-50(38-21-10-9-20-37(38)41)49-36-19-8-7-16-33(36)26-28-43(49)57(44)35-27-29-45-42(30-35)48-40(23-13-24-46(48)58-45)54-55-51(34-17-5-2-6-18-34)53-52(56-54)39-22-11-12-25-47(39)59-53/h1-31H. The van der Waals surface area contributed by atoms with Crippen LogP contribution in [-0.2, 0) is 0 Å². The van der Waals surface area contributed by atoms with E-state index in [-0.39, 0.29) is 0 Å². The van der Waals surface area contributed by atoms with Crippen molar-refractivity contribution in [3.8, 4) is 39.5 Å². The minimum Gasteiger partial charge on any atom is -0.456 e. The van der Waals surface area contributed by atoms with Crippen molar-refractivity contribution in [1.82, 2.24) is 14.5 Å². The van der Waals surface area contributed by atoms with Gasteiger partial charge in [-0.3, -0.25) is 0 Å². The molecule has 0 aliphatic heterocycles. The van der Waals surface area contributed by atoms with Gasteiger partial charge in [-0.25, -0.2) is 9.97 Å². The monoisotopic (exact) mass is 769 g/mol. The van der Waals surface area contributed by atoms with Crippen LogP contribution < -0.4 is 0 Å². The summed E-state index contributed by atoms with van der Waals surface area (Å²) in [4.78, 5) is 10.7. The number of thiophene rings is 1. The van der Waals surface area contributed by atoms with Crippen molar-refractivity contribution < 1.29 is 4.42 Å². The van der Waals surface area contributed by atoms with Crippen molar-refractivity contribution >= 4 is 96.9 Å². The Morgan fingerprint density at radius 3 is 2.00 bits per heavy atom. The van der Waals surface area contributed by atoms with E-state index in [1.54, 1.807) is 11.3 Å². The van der Waals surface area contributed by atoms with Crippen LogP contribution >= 0.6 is 11.3 Å². The molecule has 4 nitrogen and oxygen atoms in total. The zero-order valence-corrected chi connectivity index (χ0v) is 32.4. The van der Waals surface area contributed by atoms with Crippen LogP contribution in [0.25, 0.3) is 125 Å². The Balaban J connectivity index is 1.12. The highest BCUT2D eigenvalue weighted by atomic mass is 32.1. The number of rotatable bonds is 4. The molecule has 0 amide bonds. The fraction of sp³-hybridized carbons (Fsp3) is 0. The molecule has 4 heterocycles. The molecule has 274 valence electrons. The molecule has 0 aliphatic rings. The summed E-state index contributed by atoms with van der Waals surface area (Å²) in [6, 6.07) is 67.2. The highest BCUT2D eigenvalue weighted by Crippen LogP contribution is 2.46. The van der Waals surface area contributed by atoms with E-state index in [0.717, 1.165) is 71.1 Å². The first kappa shape index (κ1) is 32.5. The third kappa shape index (κ3) is 4.77. The van der Waals surface area contributed by atoms with E-state index in [2.05, 4.69) is 187 Å². The molecule has 0 spiro atoms. The van der Waals surface area contributed by atoms with Gasteiger partial charge in [0, 0.05) is 48.4 Å². The third-order valence-corrected chi connectivity index (χ3v) is 13.2. The van der Waals surface area contributed by atoms with E-state index in [9.17, 15) is 0 Å². The van der Waals surface area contributed by atoms with Crippen molar-refractivity contribution in [2.24, 2.45) is 0 Å². The largest absolute Gasteiger partial charge is 0.456 e. The van der Waals surface area contributed by atoms with Gasteiger partial charge in [-0.1, -0.05) is 146 Å². The summed E-state index contributed by atoms with van der Waals surface area (Å²) >= 11 is 1.75. The van der Waals surface area contributed by atoms with Crippen molar-refractivity contribution in [3.05, 3.63) is 188 Å². The van der Waals surface area contributed by atoms with Crippen LogP contribution in [-0.4, -0.2) is 14.5 Å². The van der Waals surface area contributed by atoms with Crippen LogP contribution in [0.5, 0.6) is 0 Å². The molecule has 0 unspecified atom stereocenters. The van der Waals surface area contributed by atoms with Gasteiger partial charge >= 0.3 is 0 Å². The fourth-order valence-electron chi connectivity index (χ4n) is 9.42. The molecule has 0 aliphatic carbocycles. The Labute approximate surface area is 341 Å². The van der Waals surface area contributed by atoms with Gasteiger partial charge in [0.15, 0.2) is 5.82 Å². The minimum atomic E-state index is 0.681. The Kier molecular flexibility index (Phi) is 6.85. The average Bonchev–Trinajstić information content (AvgIpc) is 3.98. The van der Waals surface area contributed by atoms with E-state index in [0.29, 0.717) is 5.82 Å². The number of furan rings is 1. The van der Waals surface area contributed by atoms with E-state index in [1.807, 2.05) is 6.07 Å². The summed E-state index contributed by atoms with van der Waals surface area (Å²) in [5, 5.41) is 10.6. The van der Waals surface area contributed by atoms with Gasteiger partial charge in [0.05, 0.1) is 26.9 Å². The quantitative estimate of drug-likeness (QED) is 0.179. The smallest absolute Gasteiger partial charge is 0.161 e. The molecule has 0 saturated heterocycles. The van der Waals surface area contributed by atoms with Crippen molar-refractivity contribution in [2.45, 2.75) is 0 Å². The van der Waals surface area contributed by atoms with Crippen molar-refractivity contribution in [1.29, 1.82) is 0 Å². The number of hydrogen-bond donors (Lipinski definition) is 0. The first-order chi connectivity index (χ1) is 29.3. The SMILES string of the molecule is c1ccc(-c2cc3c(c4ccccc24)c2c4ccccc4ccc2n3-c2ccc3oc4cccc(-c5nc(-c6ccccc6)c6sc7ccccc7c6n5)c4c3c2)cc1. The zero-order chi connectivity index (χ0) is 38.6. The number of nitrogens with zero attached hydrogens (tertiary/aromatic N) is 3. The molecule has 4 aromatic heterocycles. The van der Waals surface area contributed by atoms with E-state index in [1.165, 1.54) is 48.1 Å². The highest BCUT2D eigenvalue weighted by molar-refractivity contribution is 7.26. The van der Waals surface area contributed by atoms with Crippen LogP contribution in [0.2, 0.25) is 0 Å². The molecule has 5 heteroatoms. The van der Waals surface area contributed by atoms with Gasteiger partial charge < -0.3 is 8.98 Å². The van der Waals surface area contributed by atoms with Gasteiger partial charge in [0.1, 0.15) is 11.2 Å². The predicted octanol–water partition coefficient (Wildman–Crippen LogP) is 15.1. The summed E-state index contributed by atoms with van der Waals surface area (Å²) in [6.07, 6.45) is 0. The molecule has 0 bridgehead atoms. The number of fused-ring (bicyclic) bond motifs is 13. The first-order valence-corrected chi connectivity index (χ1v) is 20.7. The topological polar surface area (TPSA) is 43.9 Å². The molecule has 9 aromatic carbocycles. The molecular formula is C54H31N3OS. The second-order valence-electron chi connectivity index (χ2n) is 15.2. The lowest BCUT2D eigenvalue weighted by Crippen LogP contribution is -1.95. The maximum Gasteiger partial charge on any atom is 0.161 e. The second-order valence-corrected chi connectivity index (χ2v) is 16.3. The van der Waals surface area contributed by atoms with Gasteiger partial charge in [0.2, 0.25) is 0 Å². The summed E-state index contributed by atoms with van der Waals surface area (Å²) in [5.74, 6) is 0.681. The molecule has 0 saturated carbocycles. The Morgan fingerprint density at radius 2 is 1.15 bits per heavy atom. The molecule has 0 N–H and O–H groups in total. The Hall–Kier alpha value is -7.60. The lowest BCUT2D eigenvalue weighted by molar-refractivity contribution is 0.669. The van der Waals surface area contributed by atoms with Gasteiger partial charge in [-0.05, 0) is 75.1 Å². The maximum atomic E-state index is 6.65. The maximum absolute atomic E-state index is 6.65. The van der Waals surface area contributed by atoms with Crippen molar-refractivity contribution in [2.75, 3.05) is 0 Å².